The summed E-state index contributed by atoms with van der Waals surface area (Å²) in [6.45, 7) is 6.55. The summed E-state index contributed by atoms with van der Waals surface area (Å²) in [5.41, 5.74) is -0.539. The fourth-order valence-electron chi connectivity index (χ4n) is 1.50. The second-order valence-electron chi connectivity index (χ2n) is 5.04. The van der Waals surface area contributed by atoms with Crippen LogP contribution in [0.3, 0.4) is 0 Å². The monoisotopic (exact) mass is 259 g/mol. The van der Waals surface area contributed by atoms with Crippen LogP contribution in [0.15, 0.2) is 0 Å². The molecule has 1 aliphatic rings. The molecule has 6 nitrogen and oxygen atoms in total. The maximum Gasteiger partial charge on any atom is 0.410 e. The van der Waals surface area contributed by atoms with E-state index in [0.29, 0.717) is 19.6 Å². The number of aliphatic carboxylic acids is 1. The summed E-state index contributed by atoms with van der Waals surface area (Å²) in [5, 5.41) is 8.98. The van der Waals surface area contributed by atoms with Gasteiger partial charge in [-0.3, -0.25) is 4.79 Å². The smallest absolute Gasteiger partial charge is 0.410 e. The van der Waals surface area contributed by atoms with Gasteiger partial charge in [0.1, 0.15) is 5.60 Å². The molecule has 0 aliphatic carbocycles. The first-order chi connectivity index (χ1) is 8.35. The van der Waals surface area contributed by atoms with Gasteiger partial charge in [-0.05, 0) is 20.3 Å². The SMILES string of the molecule is CCC(C)(C)OC(=O)N1CCOCC(C(=O)O)C1. The molecule has 1 unspecified atom stereocenters. The predicted octanol–water partition coefficient (Wildman–Crippen LogP) is 1.34. The summed E-state index contributed by atoms with van der Waals surface area (Å²) < 4.78 is 10.5. The van der Waals surface area contributed by atoms with Crippen molar-refractivity contribution < 1.29 is 24.2 Å². The highest BCUT2D eigenvalue weighted by molar-refractivity contribution is 5.73. The average Bonchev–Trinajstić information content (AvgIpc) is 2.54. The minimum atomic E-state index is -0.954. The second-order valence-corrected chi connectivity index (χ2v) is 5.04. The largest absolute Gasteiger partial charge is 0.481 e. The van der Waals surface area contributed by atoms with Crippen molar-refractivity contribution in [2.24, 2.45) is 5.92 Å². The van der Waals surface area contributed by atoms with Crippen LogP contribution in [0.25, 0.3) is 0 Å². The number of carboxylic acid groups (broad SMARTS) is 1. The van der Waals surface area contributed by atoms with Gasteiger partial charge in [0.2, 0.25) is 0 Å². The van der Waals surface area contributed by atoms with E-state index < -0.39 is 23.6 Å². The molecule has 0 aromatic carbocycles. The molecule has 1 atom stereocenters. The number of rotatable bonds is 3. The van der Waals surface area contributed by atoms with E-state index in [1.165, 1.54) is 4.90 Å². The lowest BCUT2D eigenvalue weighted by Crippen LogP contribution is -2.42. The van der Waals surface area contributed by atoms with E-state index in [-0.39, 0.29) is 13.2 Å². The number of hydrogen-bond donors (Lipinski definition) is 1. The number of carbonyl (C=O) groups excluding carboxylic acids is 1. The summed E-state index contributed by atoms with van der Waals surface area (Å²) in [6, 6.07) is 0. The molecule has 6 heteroatoms. The number of amides is 1. The highest BCUT2D eigenvalue weighted by Gasteiger charge is 2.30. The van der Waals surface area contributed by atoms with Crippen LogP contribution in [0, 0.1) is 5.92 Å². The van der Waals surface area contributed by atoms with Crippen LogP contribution >= 0.6 is 0 Å². The minimum absolute atomic E-state index is 0.133. The average molecular weight is 259 g/mol. The lowest BCUT2D eigenvalue weighted by Gasteiger charge is -2.28. The Hall–Kier alpha value is -1.30. The number of carbonyl (C=O) groups is 2. The Bertz CT molecular complexity index is 316. The Morgan fingerprint density at radius 2 is 2.17 bits per heavy atom. The molecule has 0 saturated carbocycles. The van der Waals surface area contributed by atoms with Crippen LogP contribution in [-0.2, 0) is 14.3 Å². The lowest BCUT2D eigenvalue weighted by atomic mass is 10.1. The van der Waals surface area contributed by atoms with Gasteiger partial charge in [-0.1, -0.05) is 6.92 Å². The zero-order chi connectivity index (χ0) is 13.8. The van der Waals surface area contributed by atoms with Gasteiger partial charge >= 0.3 is 12.1 Å². The molecule has 1 amide bonds. The van der Waals surface area contributed by atoms with Crippen molar-refractivity contribution in [2.75, 3.05) is 26.3 Å². The van der Waals surface area contributed by atoms with E-state index in [2.05, 4.69) is 0 Å². The fraction of sp³-hybridized carbons (Fsp3) is 0.833. The Morgan fingerprint density at radius 3 is 2.72 bits per heavy atom. The molecule has 0 radical (unpaired) electrons. The fourth-order valence-corrected chi connectivity index (χ4v) is 1.50. The molecule has 1 N–H and O–H groups in total. The summed E-state index contributed by atoms with van der Waals surface area (Å²) in [5.74, 6) is -1.64. The Labute approximate surface area is 107 Å². The molecule has 0 aromatic heterocycles. The first kappa shape index (κ1) is 14.8. The summed E-state index contributed by atoms with van der Waals surface area (Å²) >= 11 is 0. The van der Waals surface area contributed by atoms with Crippen LogP contribution in [-0.4, -0.2) is 54.0 Å². The highest BCUT2D eigenvalue weighted by Crippen LogP contribution is 2.17. The molecule has 18 heavy (non-hydrogen) atoms. The van der Waals surface area contributed by atoms with Gasteiger partial charge in [-0.25, -0.2) is 4.79 Å². The van der Waals surface area contributed by atoms with Crippen molar-refractivity contribution in [1.29, 1.82) is 0 Å². The maximum absolute atomic E-state index is 11.9. The number of carboxylic acids is 1. The minimum Gasteiger partial charge on any atom is -0.481 e. The van der Waals surface area contributed by atoms with E-state index in [1.54, 1.807) is 0 Å². The Kier molecular flexibility index (Phi) is 4.95. The molecule has 1 heterocycles. The van der Waals surface area contributed by atoms with Crippen molar-refractivity contribution in [3.8, 4) is 0 Å². The molecule has 1 saturated heterocycles. The van der Waals surface area contributed by atoms with E-state index in [1.807, 2.05) is 20.8 Å². The van der Waals surface area contributed by atoms with Crippen molar-refractivity contribution in [1.82, 2.24) is 4.90 Å². The lowest BCUT2D eigenvalue weighted by molar-refractivity contribution is -0.143. The van der Waals surface area contributed by atoms with Crippen LogP contribution in [0.4, 0.5) is 4.79 Å². The van der Waals surface area contributed by atoms with E-state index >= 15 is 0 Å². The van der Waals surface area contributed by atoms with Gasteiger partial charge in [0.25, 0.3) is 0 Å². The van der Waals surface area contributed by atoms with E-state index in [0.717, 1.165) is 0 Å². The normalized spacial score (nSPS) is 21.3. The number of ether oxygens (including phenoxy) is 2. The van der Waals surface area contributed by atoms with Gasteiger partial charge in [0.15, 0.2) is 0 Å². The second kappa shape index (κ2) is 6.04. The summed E-state index contributed by atoms with van der Waals surface area (Å²) in [6.07, 6.45) is 0.226. The molecule has 0 spiro atoms. The molecular weight excluding hydrogens is 238 g/mol. The predicted molar refractivity (Wildman–Crippen MR) is 64.4 cm³/mol. The molecule has 1 aliphatic heterocycles. The van der Waals surface area contributed by atoms with Gasteiger partial charge < -0.3 is 19.5 Å². The van der Waals surface area contributed by atoms with Crippen LogP contribution < -0.4 is 0 Å². The van der Waals surface area contributed by atoms with E-state index in [4.69, 9.17) is 14.6 Å². The first-order valence-corrected chi connectivity index (χ1v) is 6.14. The first-order valence-electron chi connectivity index (χ1n) is 6.14. The van der Waals surface area contributed by atoms with Gasteiger partial charge in [0, 0.05) is 13.1 Å². The standard InChI is InChI=1S/C12H21NO5/c1-4-12(2,3)18-11(16)13-5-6-17-8-9(7-13)10(14)15/h9H,4-8H2,1-3H3,(H,14,15). The van der Waals surface area contributed by atoms with E-state index in [9.17, 15) is 9.59 Å². The third-order valence-corrected chi connectivity index (χ3v) is 3.09. The Balaban J connectivity index is 2.63. The molecule has 1 fully saturated rings. The molecule has 1 rings (SSSR count). The van der Waals surface area contributed by atoms with Gasteiger partial charge in [-0.15, -0.1) is 0 Å². The summed E-state index contributed by atoms with van der Waals surface area (Å²) in [7, 11) is 0. The summed E-state index contributed by atoms with van der Waals surface area (Å²) in [4.78, 5) is 24.3. The van der Waals surface area contributed by atoms with Crippen molar-refractivity contribution in [3.05, 3.63) is 0 Å². The molecular formula is C12H21NO5. The highest BCUT2D eigenvalue weighted by atomic mass is 16.6. The van der Waals surface area contributed by atoms with Crippen LogP contribution in [0.1, 0.15) is 27.2 Å². The van der Waals surface area contributed by atoms with Crippen LogP contribution in [0.2, 0.25) is 0 Å². The zero-order valence-electron chi connectivity index (χ0n) is 11.1. The van der Waals surface area contributed by atoms with Gasteiger partial charge in [-0.2, -0.15) is 0 Å². The third-order valence-electron chi connectivity index (χ3n) is 3.09. The topological polar surface area (TPSA) is 76.1 Å². The van der Waals surface area contributed by atoms with Crippen molar-refractivity contribution in [3.63, 3.8) is 0 Å². The van der Waals surface area contributed by atoms with Crippen molar-refractivity contribution in [2.45, 2.75) is 32.8 Å². The molecule has 0 aromatic rings. The maximum atomic E-state index is 11.9. The van der Waals surface area contributed by atoms with Crippen LogP contribution in [0.5, 0.6) is 0 Å². The van der Waals surface area contributed by atoms with Gasteiger partial charge in [0.05, 0.1) is 19.1 Å². The van der Waals surface area contributed by atoms with Crippen molar-refractivity contribution >= 4 is 12.1 Å². The quantitative estimate of drug-likeness (QED) is 0.827. The number of hydrogen-bond acceptors (Lipinski definition) is 4. The molecule has 0 bridgehead atoms. The zero-order valence-corrected chi connectivity index (χ0v) is 11.1. The number of nitrogens with zero attached hydrogens (tertiary/aromatic N) is 1. The third kappa shape index (κ3) is 4.18. The Morgan fingerprint density at radius 1 is 1.50 bits per heavy atom. The molecule has 104 valence electrons.